The molecule has 0 aromatic heterocycles. The van der Waals surface area contributed by atoms with Crippen LogP contribution in [0.25, 0.3) is 11.1 Å². The SMILES string of the molecule is O=C(NC1=NCCS1)c1ccc2c(c1)C(=O)c1ccccc1-2. The number of fused-ring (bicyclic) bond motifs is 3. The Hall–Kier alpha value is -2.40. The molecule has 1 amide bonds. The van der Waals surface area contributed by atoms with Crippen LogP contribution in [0.2, 0.25) is 0 Å². The molecule has 0 unspecified atom stereocenters. The van der Waals surface area contributed by atoms with Crippen molar-refractivity contribution in [1.82, 2.24) is 5.32 Å². The zero-order chi connectivity index (χ0) is 15.1. The Morgan fingerprint density at radius 2 is 1.82 bits per heavy atom. The first-order valence-corrected chi connectivity index (χ1v) is 7.99. The molecule has 0 saturated carbocycles. The molecule has 1 aliphatic carbocycles. The molecule has 0 radical (unpaired) electrons. The molecule has 2 aliphatic rings. The van der Waals surface area contributed by atoms with E-state index in [0.717, 1.165) is 23.4 Å². The summed E-state index contributed by atoms with van der Waals surface area (Å²) in [7, 11) is 0. The number of carbonyl (C=O) groups excluding carboxylic acids is 2. The summed E-state index contributed by atoms with van der Waals surface area (Å²) in [5, 5.41) is 3.44. The van der Waals surface area contributed by atoms with Gasteiger partial charge < -0.3 is 5.32 Å². The number of nitrogens with one attached hydrogen (secondary N) is 1. The number of hydrogen-bond acceptors (Lipinski definition) is 4. The van der Waals surface area contributed by atoms with Gasteiger partial charge in [0.15, 0.2) is 11.0 Å². The van der Waals surface area contributed by atoms with E-state index in [1.807, 2.05) is 30.3 Å². The summed E-state index contributed by atoms with van der Waals surface area (Å²) >= 11 is 1.53. The minimum Gasteiger partial charge on any atom is -0.301 e. The van der Waals surface area contributed by atoms with Crippen LogP contribution in [-0.2, 0) is 0 Å². The Bertz CT molecular complexity index is 842. The van der Waals surface area contributed by atoms with E-state index in [2.05, 4.69) is 10.3 Å². The summed E-state index contributed by atoms with van der Waals surface area (Å²) in [6, 6.07) is 12.8. The van der Waals surface area contributed by atoms with E-state index in [-0.39, 0.29) is 11.7 Å². The van der Waals surface area contributed by atoms with Gasteiger partial charge in [-0.15, -0.1) is 0 Å². The Morgan fingerprint density at radius 1 is 1.05 bits per heavy atom. The van der Waals surface area contributed by atoms with Gasteiger partial charge in [0.1, 0.15) is 0 Å². The van der Waals surface area contributed by atoms with Gasteiger partial charge in [0, 0.05) is 22.4 Å². The van der Waals surface area contributed by atoms with E-state index in [0.29, 0.717) is 21.9 Å². The van der Waals surface area contributed by atoms with Crippen LogP contribution in [0.1, 0.15) is 26.3 Å². The van der Waals surface area contributed by atoms with Crippen molar-refractivity contribution in [2.24, 2.45) is 4.99 Å². The minimum absolute atomic E-state index is 0.0205. The molecule has 5 heteroatoms. The maximum absolute atomic E-state index is 12.4. The number of aliphatic imine (C=N–C) groups is 1. The second-order valence-corrected chi connectivity index (χ2v) is 6.21. The number of benzene rings is 2. The highest BCUT2D eigenvalue weighted by Crippen LogP contribution is 2.36. The fourth-order valence-electron chi connectivity index (χ4n) is 2.75. The summed E-state index contributed by atoms with van der Waals surface area (Å²) in [6.07, 6.45) is 0. The standard InChI is InChI=1S/C17H12N2O2S/c20-15-13-4-2-1-3-11(13)12-6-5-10(9-14(12)15)16(21)19-17-18-7-8-22-17/h1-6,9H,7-8H2,(H,18,19,21). The van der Waals surface area contributed by atoms with Gasteiger partial charge in [0.2, 0.25) is 0 Å². The average Bonchev–Trinajstić information content (AvgIpc) is 3.15. The summed E-state index contributed by atoms with van der Waals surface area (Å²) in [5.41, 5.74) is 3.60. The molecule has 2 aromatic rings. The summed E-state index contributed by atoms with van der Waals surface area (Å²) in [6.45, 7) is 0.734. The van der Waals surface area contributed by atoms with Crippen molar-refractivity contribution in [2.75, 3.05) is 12.3 Å². The Morgan fingerprint density at radius 3 is 2.59 bits per heavy atom. The lowest BCUT2D eigenvalue weighted by Gasteiger charge is -2.06. The molecule has 1 aliphatic heterocycles. The number of amidine groups is 1. The third-order valence-corrected chi connectivity index (χ3v) is 4.69. The topological polar surface area (TPSA) is 58.5 Å². The van der Waals surface area contributed by atoms with Gasteiger partial charge in [-0.1, -0.05) is 42.1 Å². The monoisotopic (exact) mass is 308 g/mol. The highest BCUT2D eigenvalue weighted by atomic mass is 32.2. The van der Waals surface area contributed by atoms with Gasteiger partial charge in [-0.05, 0) is 23.3 Å². The van der Waals surface area contributed by atoms with E-state index in [1.165, 1.54) is 11.8 Å². The molecule has 22 heavy (non-hydrogen) atoms. The van der Waals surface area contributed by atoms with Crippen LogP contribution in [0.15, 0.2) is 47.5 Å². The maximum atomic E-state index is 12.4. The third kappa shape index (κ3) is 2.05. The molecule has 0 spiro atoms. The largest absolute Gasteiger partial charge is 0.301 e. The molecule has 4 nitrogen and oxygen atoms in total. The fraction of sp³-hybridized carbons (Fsp3) is 0.118. The fourth-order valence-corrected chi connectivity index (χ4v) is 3.47. The first-order chi connectivity index (χ1) is 10.7. The van der Waals surface area contributed by atoms with Crippen LogP contribution in [-0.4, -0.2) is 29.2 Å². The maximum Gasteiger partial charge on any atom is 0.257 e. The van der Waals surface area contributed by atoms with Crippen molar-refractivity contribution in [3.63, 3.8) is 0 Å². The predicted molar refractivity (Wildman–Crippen MR) is 87.5 cm³/mol. The summed E-state index contributed by atoms with van der Waals surface area (Å²) in [4.78, 5) is 28.9. The van der Waals surface area contributed by atoms with Crippen LogP contribution in [0.5, 0.6) is 0 Å². The van der Waals surface area contributed by atoms with Crippen LogP contribution < -0.4 is 5.32 Å². The molecule has 1 heterocycles. The van der Waals surface area contributed by atoms with E-state index in [4.69, 9.17) is 0 Å². The molecular weight excluding hydrogens is 296 g/mol. The average molecular weight is 308 g/mol. The second kappa shape index (κ2) is 5.10. The Labute approximate surface area is 131 Å². The highest BCUT2D eigenvalue weighted by molar-refractivity contribution is 8.14. The van der Waals surface area contributed by atoms with Gasteiger partial charge in [-0.2, -0.15) is 0 Å². The van der Waals surface area contributed by atoms with Crippen molar-refractivity contribution in [3.05, 3.63) is 59.2 Å². The van der Waals surface area contributed by atoms with Crippen LogP contribution in [0.3, 0.4) is 0 Å². The Balaban J connectivity index is 1.69. The van der Waals surface area contributed by atoms with Gasteiger partial charge in [0.25, 0.3) is 5.91 Å². The van der Waals surface area contributed by atoms with E-state index < -0.39 is 0 Å². The molecule has 4 rings (SSSR count). The van der Waals surface area contributed by atoms with E-state index >= 15 is 0 Å². The lowest BCUT2D eigenvalue weighted by Crippen LogP contribution is -2.27. The minimum atomic E-state index is -0.222. The third-order valence-electron chi connectivity index (χ3n) is 3.79. The number of carbonyl (C=O) groups is 2. The van der Waals surface area contributed by atoms with Crippen LogP contribution >= 0.6 is 11.8 Å². The molecule has 0 bridgehead atoms. The quantitative estimate of drug-likeness (QED) is 0.752. The molecule has 0 atom stereocenters. The molecule has 0 saturated heterocycles. The molecule has 2 aromatic carbocycles. The normalized spacial score (nSPS) is 15.3. The number of thioether (sulfide) groups is 1. The Kier molecular flexibility index (Phi) is 3.08. The first-order valence-electron chi connectivity index (χ1n) is 7.01. The molecule has 108 valence electrons. The van der Waals surface area contributed by atoms with Crippen LogP contribution in [0, 0.1) is 0 Å². The summed E-state index contributed by atoms with van der Waals surface area (Å²) < 4.78 is 0. The molecule has 1 N–H and O–H groups in total. The van der Waals surface area contributed by atoms with Gasteiger partial charge >= 0.3 is 0 Å². The van der Waals surface area contributed by atoms with Crippen molar-refractivity contribution in [1.29, 1.82) is 0 Å². The number of rotatable bonds is 1. The van der Waals surface area contributed by atoms with Crippen LogP contribution in [0.4, 0.5) is 0 Å². The summed E-state index contributed by atoms with van der Waals surface area (Å²) in [5.74, 6) is 0.653. The lowest BCUT2D eigenvalue weighted by atomic mass is 10.0. The van der Waals surface area contributed by atoms with E-state index in [9.17, 15) is 9.59 Å². The number of ketones is 1. The molecule has 0 fully saturated rings. The van der Waals surface area contributed by atoms with Gasteiger partial charge in [0.05, 0.1) is 6.54 Å². The van der Waals surface area contributed by atoms with Crippen molar-refractivity contribution < 1.29 is 9.59 Å². The van der Waals surface area contributed by atoms with Crippen molar-refractivity contribution in [2.45, 2.75) is 0 Å². The second-order valence-electron chi connectivity index (χ2n) is 5.12. The lowest BCUT2D eigenvalue weighted by molar-refractivity contribution is 0.0978. The predicted octanol–water partition coefficient (Wildman–Crippen LogP) is 2.73. The van der Waals surface area contributed by atoms with Gasteiger partial charge in [-0.3, -0.25) is 14.6 Å². The van der Waals surface area contributed by atoms with Crippen molar-refractivity contribution >= 4 is 28.6 Å². The zero-order valence-electron chi connectivity index (χ0n) is 11.6. The number of amides is 1. The number of hydrogen-bond donors (Lipinski definition) is 1. The number of nitrogens with zero attached hydrogens (tertiary/aromatic N) is 1. The molecular formula is C17H12N2O2S. The van der Waals surface area contributed by atoms with E-state index in [1.54, 1.807) is 12.1 Å². The zero-order valence-corrected chi connectivity index (χ0v) is 12.4. The van der Waals surface area contributed by atoms with Crippen molar-refractivity contribution in [3.8, 4) is 11.1 Å². The first kappa shape index (κ1) is 13.3. The highest BCUT2D eigenvalue weighted by Gasteiger charge is 2.27. The smallest absolute Gasteiger partial charge is 0.257 e. The van der Waals surface area contributed by atoms with Gasteiger partial charge in [-0.25, -0.2) is 0 Å².